The fourth-order valence-electron chi connectivity index (χ4n) is 2.37. The number of piperidine rings is 1. The quantitative estimate of drug-likeness (QED) is 0.884. The van der Waals surface area contributed by atoms with Crippen LogP contribution in [-0.4, -0.2) is 60.5 Å². The van der Waals surface area contributed by atoms with Gasteiger partial charge < -0.3 is 10.2 Å². The third-order valence-corrected chi connectivity index (χ3v) is 4.51. The van der Waals surface area contributed by atoms with Crippen LogP contribution in [0.5, 0.6) is 0 Å². The van der Waals surface area contributed by atoms with Crippen molar-refractivity contribution in [3.8, 4) is 0 Å². The summed E-state index contributed by atoms with van der Waals surface area (Å²) in [6.07, 6.45) is 2.20. The number of amides is 1. The minimum Gasteiger partial charge on any atom is -0.348 e. The van der Waals surface area contributed by atoms with E-state index >= 15 is 0 Å². The van der Waals surface area contributed by atoms with E-state index in [-0.39, 0.29) is 5.91 Å². The van der Waals surface area contributed by atoms with E-state index in [4.69, 9.17) is 0 Å². The Bertz CT molecular complexity index is 438. The van der Waals surface area contributed by atoms with E-state index in [2.05, 4.69) is 20.6 Å². The predicted molar refractivity (Wildman–Crippen MR) is 81.8 cm³/mol. The Morgan fingerprint density at radius 2 is 2.20 bits per heavy atom. The van der Waals surface area contributed by atoms with Gasteiger partial charge in [-0.3, -0.25) is 9.69 Å². The first kappa shape index (κ1) is 15.4. The SMILES string of the molecule is Cc1nc(CNC2CCN(CC(=O)N(C)C)CC2)cs1. The molecule has 6 heteroatoms. The molecule has 20 heavy (non-hydrogen) atoms. The fraction of sp³-hybridized carbons (Fsp3) is 0.714. The smallest absolute Gasteiger partial charge is 0.236 e. The van der Waals surface area contributed by atoms with Gasteiger partial charge in [-0.15, -0.1) is 11.3 Å². The standard InChI is InChI=1S/C14H24N4OS/c1-11-16-13(10-20-11)8-15-12-4-6-18(7-5-12)9-14(19)17(2)3/h10,12,15H,4-9H2,1-3H3. The zero-order valence-electron chi connectivity index (χ0n) is 12.6. The number of aromatic nitrogens is 1. The highest BCUT2D eigenvalue weighted by Crippen LogP contribution is 2.12. The highest BCUT2D eigenvalue weighted by atomic mass is 32.1. The molecule has 1 aliphatic heterocycles. The van der Waals surface area contributed by atoms with Gasteiger partial charge in [0.05, 0.1) is 17.2 Å². The van der Waals surface area contributed by atoms with Gasteiger partial charge in [-0.2, -0.15) is 0 Å². The molecule has 0 unspecified atom stereocenters. The Morgan fingerprint density at radius 1 is 1.50 bits per heavy atom. The van der Waals surface area contributed by atoms with Gasteiger partial charge in [-0.25, -0.2) is 4.98 Å². The molecule has 1 aromatic rings. The summed E-state index contributed by atoms with van der Waals surface area (Å²) in [6.45, 7) is 5.42. The molecule has 0 atom stereocenters. The summed E-state index contributed by atoms with van der Waals surface area (Å²) in [4.78, 5) is 20.0. The number of carbonyl (C=O) groups is 1. The van der Waals surface area contributed by atoms with Crippen LogP contribution in [0.4, 0.5) is 0 Å². The van der Waals surface area contributed by atoms with E-state index < -0.39 is 0 Å². The van der Waals surface area contributed by atoms with Crippen molar-refractivity contribution in [3.63, 3.8) is 0 Å². The van der Waals surface area contributed by atoms with Crippen LogP contribution >= 0.6 is 11.3 Å². The number of aryl methyl sites for hydroxylation is 1. The second-order valence-electron chi connectivity index (χ2n) is 5.58. The van der Waals surface area contributed by atoms with Crippen LogP contribution in [0.2, 0.25) is 0 Å². The van der Waals surface area contributed by atoms with Crippen molar-refractivity contribution in [3.05, 3.63) is 16.1 Å². The molecule has 2 rings (SSSR count). The van der Waals surface area contributed by atoms with Gasteiger partial charge in [-0.05, 0) is 19.8 Å². The molecule has 1 N–H and O–H groups in total. The maximum atomic E-state index is 11.7. The van der Waals surface area contributed by atoms with E-state index in [0.717, 1.165) is 43.2 Å². The number of nitrogens with one attached hydrogen (secondary N) is 1. The lowest BCUT2D eigenvalue weighted by Crippen LogP contribution is -2.45. The Kier molecular flexibility index (Phi) is 5.51. The minimum absolute atomic E-state index is 0.189. The summed E-state index contributed by atoms with van der Waals surface area (Å²) in [7, 11) is 3.62. The van der Waals surface area contributed by atoms with E-state index in [0.29, 0.717) is 12.6 Å². The summed E-state index contributed by atoms with van der Waals surface area (Å²) in [6, 6.07) is 0.544. The Morgan fingerprint density at radius 3 is 2.75 bits per heavy atom. The zero-order valence-corrected chi connectivity index (χ0v) is 13.4. The van der Waals surface area contributed by atoms with Gasteiger partial charge in [0.15, 0.2) is 0 Å². The van der Waals surface area contributed by atoms with Crippen molar-refractivity contribution >= 4 is 17.2 Å². The number of likely N-dealkylation sites (tertiary alicyclic amines) is 1. The molecule has 0 spiro atoms. The summed E-state index contributed by atoms with van der Waals surface area (Å²) in [5, 5.41) is 6.81. The van der Waals surface area contributed by atoms with E-state index in [9.17, 15) is 4.79 Å². The lowest BCUT2D eigenvalue weighted by atomic mass is 10.0. The van der Waals surface area contributed by atoms with E-state index in [1.807, 2.05) is 21.0 Å². The Labute approximate surface area is 125 Å². The average molecular weight is 296 g/mol. The molecule has 0 saturated carbocycles. The highest BCUT2D eigenvalue weighted by molar-refractivity contribution is 7.09. The van der Waals surface area contributed by atoms with E-state index in [1.54, 1.807) is 16.2 Å². The molecule has 0 aliphatic carbocycles. The first-order chi connectivity index (χ1) is 9.54. The topological polar surface area (TPSA) is 48.5 Å². The van der Waals surface area contributed by atoms with Crippen LogP contribution in [0.15, 0.2) is 5.38 Å². The van der Waals surface area contributed by atoms with Gasteiger partial charge in [0.25, 0.3) is 0 Å². The number of rotatable bonds is 5. The summed E-state index contributed by atoms with van der Waals surface area (Å²) < 4.78 is 0. The third kappa shape index (κ3) is 4.54. The molecule has 2 heterocycles. The number of nitrogens with zero attached hydrogens (tertiary/aromatic N) is 3. The largest absolute Gasteiger partial charge is 0.348 e. The molecule has 112 valence electrons. The predicted octanol–water partition coefficient (Wildman–Crippen LogP) is 1.09. The maximum Gasteiger partial charge on any atom is 0.236 e. The number of thiazole rings is 1. The van der Waals surface area contributed by atoms with Crippen LogP contribution < -0.4 is 5.32 Å². The van der Waals surface area contributed by atoms with Crippen LogP contribution in [0.25, 0.3) is 0 Å². The van der Waals surface area contributed by atoms with Crippen molar-refractivity contribution in [1.29, 1.82) is 0 Å². The third-order valence-electron chi connectivity index (χ3n) is 3.68. The van der Waals surface area contributed by atoms with Crippen LogP contribution in [0.1, 0.15) is 23.5 Å². The monoisotopic (exact) mass is 296 g/mol. The Balaban J connectivity index is 1.68. The Hall–Kier alpha value is -0.980. The lowest BCUT2D eigenvalue weighted by Gasteiger charge is -2.32. The maximum absolute atomic E-state index is 11.7. The van der Waals surface area contributed by atoms with Crippen molar-refractivity contribution < 1.29 is 4.79 Å². The molecule has 1 fully saturated rings. The molecule has 1 aliphatic rings. The van der Waals surface area contributed by atoms with Crippen molar-refractivity contribution in [2.75, 3.05) is 33.7 Å². The van der Waals surface area contributed by atoms with Crippen molar-refractivity contribution in [1.82, 2.24) is 20.1 Å². The van der Waals surface area contributed by atoms with Crippen molar-refractivity contribution in [2.24, 2.45) is 0 Å². The first-order valence-electron chi connectivity index (χ1n) is 7.11. The molecule has 5 nitrogen and oxygen atoms in total. The molecule has 1 aromatic heterocycles. The summed E-state index contributed by atoms with van der Waals surface area (Å²) in [5.74, 6) is 0.189. The van der Waals surface area contributed by atoms with Gasteiger partial charge >= 0.3 is 0 Å². The minimum atomic E-state index is 0.189. The van der Waals surface area contributed by atoms with Crippen molar-refractivity contribution in [2.45, 2.75) is 32.4 Å². The average Bonchev–Trinajstić information content (AvgIpc) is 2.83. The molecule has 0 radical (unpaired) electrons. The van der Waals surface area contributed by atoms with E-state index in [1.165, 1.54) is 0 Å². The summed E-state index contributed by atoms with van der Waals surface area (Å²) in [5.41, 5.74) is 1.14. The number of hydrogen-bond donors (Lipinski definition) is 1. The summed E-state index contributed by atoms with van der Waals surface area (Å²) >= 11 is 1.70. The highest BCUT2D eigenvalue weighted by Gasteiger charge is 2.21. The normalized spacial score (nSPS) is 17.4. The van der Waals surface area contributed by atoms with Gasteiger partial charge in [0, 0.05) is 45.2 Å². The number of carbonyl (C=O) groups excluding carboxylic acids is 1. The zero-order chi connectivity index (χ0) is 14.5. The molecular formula is C14H24N4OS. The van der Waals surface area contributed by atoms with Gasteiger partial charge in [0.2, 0.25) is 5.91 Å². The lowest BCUT2D eigenvalue weighted by molar-refractivity contribution is -0.130. The molecular weight excluding hydrogens is 272 g/mol. The van der Waals surface area contributed by atoms with Crippen LogP contribution in [-0.2, 0) is 11.3 Å². The molecule has 1 saturated heterocycles. The molecule has 0 bridgehead atoms. The van der Waals surface area contributed by atoms with Crippen LogP contribution in [0, 0.1) is 6.92 Å². The second-order valence-corrected chi connectivity index (χ2v) is 6.64. The van der Waals surface area contributed by atoms with Gasteiger partial charge in [0.1, 0.15) is 0 Å². The molecule has 1 amide bonds. The second kappa shape index (κ2) is 7.15. The molecule has 0 aromatic carbocycles. The fourth-order valence-corrected chi connectivity index (χ4v) is 2.98. The van der Waals surface area contributed by atoms with Gasteiger partial charge in [-0.1, -0.05) is 0 Å². The number of likely N-dealkylation sites (N-methyl/N-ethyl adjacent to an activating group) is 1. The number of hydrogen-bond acceptors (Lipinski definition) is 5. The first-order valence-corrected chi connectivity index (χ1v) is 7.99. The van der Waals surface area contributed by atoms with Crippen LogP contribution in [0.3, 0.4) is 0 Å².